The van der Waals surface area contributed by atoms with Crippen LogP contribution >= 0.6 is 0 Å². The predicted molar refractivity (Wildman–Crippen MR) is 255 cm³/mol. The van der Waals surface area contributed by atoms with Crippen molar-refractivity contribution in [1.29, 1.82) is 0 Å². The molecule has 9 heterocycles. The van der Waals surface area contributed by atoms with Crippen molar-refractivity contribution in [2.75, 3.05) is 23.7 Å². The minimum absolute atomic E-state index is 0.128. The van der Waals surface area contributed by atoms with E-state index < -0.39 is 25.0 Å². The van der Waals surface area contributed by atoms with Gasteiger partial charge in [0.1, 0.15) is 45.5 Å². The van der Waals surface area contributed by atoms with Gasteiger partial charge < -0.3 is 34.9 Å². The minimum atomic E-state index is -3.07. The molecule has 8 aromatic heterocycles. The third kappa shape index (κ3) is 10.5. The van der Waals surface area contributed by atoms with Crippen molar-refractivity contribution in [3.05, 3.63) is 134 Å². The van der Waals surface area contributed by atoms with Gasteiger partial charge in [-0.05, 0) is 61.5 Å². The summed E-state index contributed by atoms with van der Waals surface area (Å²) in [4.78, 5) is 34.5. The van der Waals surface area contributed by atoms with E-state index in [1.165, 1.54) is 67.2 Å². The monoisotopic (exact) mass is 1020 g/mol. The molecule has 0 radical (unpaired) electrons. The van der Waals surface area contributed by atoms with Gasteiger partial charge in [-0.15, -0.1) is 5.10 Å². The Morgan fingerprint density at radius 2 is 1.20 bits per heavy atom. The molecule has 27 heteroatoms. The molecule has 74 heavy (non-hydrogen) atoms. The molecule has 1 aliphatic heterocycles. The van der Waals surface area contributed by atoms with Crippen LogP contribution in [0.4, 0.5) is 28.9 Å². The molecule has 2 amide bonds. The van der Waals surface area contributed by atoms with Crippen LogP contribution in [0.1, 0.15) is 33.2 Å². The third-order valence-electron chi connectivity index (χ3n) is 11.2. The van der Waals surface area contributed by atoms with Gasteiger partial charge in [-0.3, -0.25) is 28.3 Å². The molecule has 378 valence electrons. The maximum atomic E-state index is 13.3. The number of halogens is 4. The van der Waals surface area contributed by atoms with Crippen LogP contribution in [0.5, 0.6) is 34.6 Å². The highest BCUT2D eigenvalue weighted by Gasteiger charge is 2.25. The number of benzene rings is 2. The molecule has 11 rings (SSSR count). The summed E-state index contributed by atoms with van der Waals surface area (Å²) in [6, 6.07) is 14.0. The zero-order chi connectivity index (χ0) is 51.5. The molecular weight excluding hydrogens is 975 g/mol. The van der Waals surface area contributed by atoms with Crippen molar-refractivity contribution < 1.29 is 46.1 Å². The van der Waals surface area contributed by atoms with Gasteiger partial charge in [0.05, 0.1) is 53.3 Å². The second-order valence-corrected chi connectivity index (χ2v) is 16.3. The number of fused-ring (bicyclic) bond motifs is 2. The lowest BCUT2D eigenvalue weighted by molar-refractivity contribution is -0.0501. The maximum Gasteiger partial charge on any atom is 0.387 e. The SMILES string of the molecule is Cn1cc(NC(=O)c2cnn3cccnc23)c(-c2cc(Oc3cnn([C@H]4CCNC4)c3)ccc2OC(F)F)n1.Cn1ccc(Oc2ccc(OC(F)F)c(-c3nn(C)cc3NC(=O)c3cnn4cccnc34)c2)n1. The van der Waals surface area contributed by atoms with Crippen molar-refractivity contribution in [2.24, 2.45) is 21.1 Å². The highest BCUT2D eigenvalue weighted by molar-refractivity contribution is 6.10. The molecule has 23 nitrogen and oxygen atoms in total. The first-order valence-electron chi connectivity index (χ1n) is 22.4. The van der Waals surface area contributed by atoms with E-state index >= 15 is 0 Å². The Morgan fingerprint density at radius 1 is 0.649 bits per heavy atom. The van der Waals surface area contributed by atoms with Crippen molar-refractivity contribution in [3.8, 4) is 57.1 Å². The highest BCUT2D eigenvalue weighted by Crippen LogP contribution is 2.40. The van der Waals surface area contributed by atoms with Gasteiger partial charge in [-0.2, -0.15) is 43.1 Å². The van der Waals surface area contributed by atoms with E-state index in [1.54, 1.807) is 99.8 Å². The van der Waals surface area contributed by atoms with E-state index in [4.69, 9.17) is 18.9 Å². The number of carbonyl (C=O) groups excluding carboxylic acids is 2. The Hall–Kier alpha value is -9.66. The summed E-state index contributed by atoms with van der Waals surface area (Å²) in [5.74, 6) is 0.222. The van der Waals surface area contributed by atoms with Gasteiger partial charge in [-0.1, -0.05) is 0 Å². The van der Waals surface area contributed by atoms with Gasteiger partial charge in [0.15, 0.2) is 17.0 Å². The lowest BCUT2D eigenvalue weighted by Crippen LogP contribution is -2.13. The topological polar surface area (TPSA) is 239 Å². The highest BCUT2D eigenvalue weighted by atomic mass is 19.3. The smallest absolute Gasteiger partial charge is 0.387 e. The van der Waals surface area contributed by atoms with E-state index in [0.29, 0.717) is 34.4 Å². The van der Waals surface area contributed by atoms with Crippen LogP contribution in [0.15, 0.2) is 123 Å². The standard InChI is InChI=1S/C25H23F2N9O3.C22H18F2N8O3/c1-34-14-20(32-24(37)19-12-31-35-8-2-6-29-23(19)35)22(33-34)18-9-16(3-4-21(18)39-25(26)27)38-17-11-30-36(13-17)15-5-7-28-10-15;1-30-9-6-18(28-30)34-13-4-5-17(35-22(23)24)14(10-13)19-16(12-31(2)29-19)27-21(33)15-11-26-32-8-3-7-25-20(15)32/h2-4,6,8-9,11-15,25,28H,5,7,10H2,1H3,(H,32,37);3-12,22H,1-2H3,(H,27,33)/t15-;/m0./s1. The van der Waals surface area contributed by atoms with Crippen LogP contribution in [0.25, 0.3) is 33.8 Å². The first-order valence-corrected chi connectivity index (χ1v) is 22.4. The first kappa shape index (κ1) is 48.0. The fourth-order valence-corrected chi connectivity index (χ4v) is 7.97. The summed E-state index contributed by atoms with van der Waals surface area (Å²) in [6.07, 6.45) is 18.4. The molecule has 0 saturated carbocycles. The Bertz CT molecular complexity index is 3630. The van der Waals surface area contributed by atoms with Crippen LogP contribution < -0.4 is 34.9 Å². The van der Waals surface area contributed by atoms with Gasteiger partial charge in [0.2, 0.25) is 5.88 Å². The largest absolute Gasteiger partial charge is 0.454 e. The average Bonchev–Trinajstić information content (AvgIpc) is 4.25. The van der Waals surface area contributed by atoms with Crippen LogP contribution in [0.3, 0.4) is 0 Å². The van der Waals surface area contributed by atoms with Crippen molar-refractivity contribution in [1.82, 2.24) is 73.6 Å². The quantitative estimate of drug-likeness (QED) is 0.0875. The van der Waals surface area contributed by atoms with E-state index in [2.05, 4.69) is 56.5 Å². The first-order chi connectivity index (χ1) is 35.8. The Kier molecular flexibility index (Phi) is 13.4. The molecular formula is C47H41F4N17O6. The van der Waals surface area contributed by atoms with Crippen molar-refractivity contribution in [2.45, 2.75) is 25.7 Å². The van der Waals surface area contributed by atoms with Gasteiger partial charge in [0, 0.05) is 77.1 Å². The van der Waals surface area contributed by atoms with Gasteiger partial charge >= 0.3 is 13.2 Å². The number of alkyl halides is 4. The number of hydrogen-bond acceptors (Lipinski definition) is 15. The van der Waals surface area contributed by atoms with Crippen LogP contribution in [0, 0.1) is 0 Å². The fraction of sp³-hybridized carbons (Fsp3) is 0.191. The number of nitrogens with zero attached hydrogens (tertiary/aromatic N) is 14. The van der Waals surface area contributed by atoms with Crippen molar-refractivity contribution in [3.63, 3.8) is 0 Å². The van der Waals surface area contributed by atoms with Crippen LogP contribution in [-0.2, 0) is 21.1 Å². The maximum absolute atomic E-state index is 13.3. The second kappa shape index (κ2) is 20.6. The number of hydrogen-bond donors (Lipinski definition) is 3. The summed E-state index contributed by atoms with van der Waals surface area (Å²) < 4.78 is 83.3. The van der Waals surface area contributed by atoms with Gasteiger partial charge in [0.25, 0.3) is 11.8 Å². The molecule has 10 aromatic rings. The molecule has 0 aliphatic carbocycles. The average molecular weight is 1020 g/mol. The number of nitrogens with one attached hydrogen (secondary N) is 3. The zero-order valence-electron chi connectivity index (χ0n) is 39.1. The van der Waals surface area contributed by atoms with E-state index in [0.717, 1.165) is 19.5 Å². The molecule has 0 unspecified atom stereocenters. The van der Waals surface area contributed by atoms with Crippen LogP contribution in [-0.4, -0.2) is 106 Å². The normalized spacial score (nSPS) is 13.3. The number of aromatic nitrogens is 14. The molecule has 1 aliphatic rings. The fourth-order valence-electron chi connectivity index (χ4n) is 7.97. The molecule has 0 bridgehead atoms. The summed E-state index contributed by atoms with van der Waals surface area (Å²) in [6.45, 7) is -4.39. The number of amides is 2. The lowest BCUT2D eigenvalue weighted by Gasteiger charge is -2.13. The van der Waals surface area contributed by atoms with Gasteiger partial charge in [-0.25, -0.2) is 19.0 Å². The molecule has 0 spiro atoms. The Balaban J connectivity index is 0.000000170. The number of carbonyl (C=O) groups is 2. The molecule has 1 atom stereocenters. The minimum Gasteiger partial charge on any atom is -0.454 e. The van der Waals surface area contributed by atoms with E-state index in [-0.39, 0.29) is 62.6 Å². The Labute approximate surface area is 414 Å². The third-order valence-corrected chi connectivity index (χ3v) is 11.2. The van der Waals surface area contributed by atoms with E-state index in [1.807, 2.05) is 4.68 Å². The van der Waals surface area contributed by atoms with Crippen molar-refractivity contribution >= 4 is 34.5 Å². The molecule has 2 aromatic carbocycles. The molecule has 1 saturated heterocycles. The Morgan fingerprint density at radius 3 is 1.70 bits per heavy atom. The summed E-state index contributed by atoms with van der Waals surface area (Å²) in [7, 11) is 5.02. The second-order valence-electron chi connectivity index (χ2n) is 16.3. The number of rotatable bonds is 15. The molecule has 1 fully saturated rings. The lowest BCUT2D eigenvalue weighted by atomic mass is 10.1. The predicted octanol–water partition coefficient (Wildman–Crippen LogP) is 7.02. The number of aryl methyl sites for hydroxylation is 3. The zero-order valence-corrected chi connectivity index (χ0v) is 39.1. The number of ether oxygens (including phenoxy) is 4. The number of anilines is 2. The van der Waals surface area contributed by atoms with E-state index in [9.17, 15) is 27.2 Å². The summed E-state index contributed by atoms with van der Waals surface area (Å²) in [5, 5.41) is 34.4. The molecule has 3 N–H and O–H groups in total. The summed E-state index contributed by atoms with van der Waals surface area (Å²) >= 11 is 0. The summed E-state index contributed by atoms with van der Waals surface area (Å²) in [5.41, 5.74) is 2.54. The van der Waals surface area contributed by atoms with Crippen LogP contribution in [0.2, 0.25) is 0 Å².